The first-order valence-corrected chi connectivity index (χ1v) is 3.26. The van der Waals surface area contributed by atoms with Crippen LogP contribution in [-0.2, 0) is 0 Å². The van der Waals surface area contributed by atoms with Crippen LogP contribution < -0.4 is 4.24 Å². The second kappa shape index (κ2) is 2.16. The van der Waals surface area contributed by atoms with Crippen LogP contribution in [0.1, 0.15) is 0 Å². The van der Waals surface area contributed by atoms with Crippen LogP contribution in [0.3, 0.4) is 0 Å². The van der Waals surface area contributed by atoms with Crippen molar-refractivity contribution in [3.63, 3.8) is 0 Å². The molecule has 0 saturated carbocycles. The number of hydrogen-bond donors (Lipinski definition) is 1. The molecule has 10 heavy (non-hydrogen) atoms. The molecule has 0 aliphatic rings. The molecule has 0 spiro atoms. The van der Waals surface area contributed by atoms with Gasteiger partial charge in [0.2, 0.25) is 0 Å². The zero-order valence-corrected chi connectivity index (χ0v) is 5.76. The van der Waals surface area contributed by atoms with Gasteiger partial charge in [0.15, 0.2) is 0 Å². The maximum absolute atomic E-state index is 4.19. The summed E-state index contributed by atoms with van der Waals surface area (Å²) in [6, 6.07) is 4.13. The Morgan fingerprint density at radius 2 is 2.40 bits per heavy atom. The molecular formula is C7H5LiN2. The Kier molecular flexibility index (Phi) is 1.30. The Balaban J connectivity index is 2.86. The van der Waals surface area contributed by atoms with Crippen molar-refractivity contribution in [2.45, 2.75) is 0 Å². The number of pyridine rings is 1. The van der Waals surface area contributed by atoms with E-state index in [4.69, 9.17) is 0 Å². The van der Waals surface area contributed by atoms with Crippen LogP contribution in [0.4, 0.5) is 0 Å². The van der Waals surface area contributed by atoms with Crippen molar-refractivity contribution >= 4 is 33.0 Å². The van der Waals surface area contributed by atoms with Gasteiger partial charge in [0.05, 0.1) is 0 Å². The molecule has 0 fully saturated rings. The Labute approximate surface area is 67.9 Å². The van der Waals surface area contributed by atoms with Gasteiger partial charge in [-0.2, -0.15) is 0 Å². The molecule has 2 aromatic rings. The van der Waals surface area contributed by atoms with Crippen LogP contribution in [-0.4, -0.2) is 27.7 Å². The van der Waals surface area contributed by atoms with E-state index in [1.807, 2.05) is 36.2 Å². The third-order valence-electron chi connectivity index (χ3n) is 1.54. The van der Waals surface area contributed by atoms with Crippen LogP contribution in [0.25, 0.3) is 11.0 Å². The zero-order chi connectivity index (χ0) is 6.97. The topological polar surface area (TPSA) is 28.7 Å². The van der Waals surface area contributed by atoms with E-state index in [1.54, 1.807) is 0 Å². The number of nitrogens with zero attached hydrogens (tertiary/aromatic N) is 1. The van der Waals surface area contributed by atoms with Crippen molar-refractivity contribution in [3.05, 3.63) is 24.5 Å². The Morgan fingerprint density at radius 1 is 1.50 bits per heavy atom. The number of aromatic nitrogens is 2. The van der Waals surface area contributed by atoms with E-state index in [-0.39, 0.29) is 0 Å². The molecule has 0 amide bonds. The maximum atomic E-state index is 4.19. The predicted molar refractivity (Wildman–Crippen MR) is 41.5 cm³/mol. The molecule has 2 aromatic heterocycles. The summed E-state index contributed by atoms with van der Waals surface area (Å²) in [5, 5.41) is 1.18. The molecule has 0 bridgehead atoms. The van der Waals surface area contributed by atoms with Gasteiger partial charge in [-0.1, -0.05) is 0 Å². The molecule has 2 rings (SSSR count). The number of fused-ring (bicyclic) bond motifs is 1. The fraction of sp³-hybridized carbons (Fsp3) is 0. The Morgan fingerprint density at radius 3 is 3.30 bits per heavy atom. The number of H-pyrrole nitrogens is 1. The first-order chi connectivity index (χ1) is 4.86. The third kappa shape index (κ3) is 0.861. The first kappa shape index (κ1) is 6.03. The quantitative estimate of drug-likeness (QED) is 0.504. The average Bonchev–Trinajstić information content (AvgIpc) is 2.33. The summed E-state index contributed by atoms with van der Waals surface area (Å²) >= 11 is 2.04. The number of nitrogens with one attached hydrogen (secondary N) is 1. The molecule has 1 N–H and O–H groups in total. The molecule has 0 saturated heterocycles. The third-order valence-corrected chi connectivity index (χ3v) is 1.54. The standard InChI is InChI=1S/C7H5N2.Li/c1-2-6-3-5-9-7(6)8-4-1;/h2-5H,(H,8,9);. The van der Waals surface area contributed by atoms with Gasteiger partial charge in [0.25, 0.3) is 0 Å². The average molecular weight is 124 g/mol. The monoisotopic (exact) mass is 124 g/mol. The zero-order valence-electron chi connectivity index (χ0n) is 5.76. The van der Waals surface area contributed by atoms with Crippen molar-refractivity contribution in [2.75, 3.05) is 0 Å². The number of rotatable bonds is 0. The molecule has 44 valence electrons. The van der Waals surface area contributed by atoms with E-state index in [0.717, 1.165) is 5.65 Å². The van der Waals surface area contributed by atoms with E-state index in [2.05, 4.69) is 16.0 Å². The predicted octanol–water partition coefficient (Wildman–Crippen LogP) is 0.357. The van der Waals surface area contributed by atoms with E-state index in [0.29, 0.717) is 0 Å². The van der Waals surface area contributed by atoms with Gasteiger partial charge in [-0.05, 0) is 0 Å². The minimum absolute atomic E-state index is 0.964. The molecule has 2 nitrogen and oxygen atoms in total. The van der Waals surface area contributed by atoms with E-state index in [9.17, 15) is 0 Å². The molecule has 3 heteroatoms. The Hall–Kier alpha value is -0.713. The summed E-state index contributed by atoms with van der Waals surface area (Å²) in [7, 11) is 0. The van der Waals surface area contributed by atoms with Crippen molar-refractivity contribution < 1.29 is 0 Å². The summed E-state index contributed by atoms with van der Waals surface area (Å²) in [5.74, 6) is 0. The van der Waals surface area contributed by atoms with Crippen LogP contribution >= 0.6 is 0 Å². The SMILES string of the molecule is [Li][c]1cnc2[nH]ccc2c1. The normalized spacial score (nSPS) is 10.6. The molecule has 0 aromatic carbocycles. The summed E-state index contributed by atoms with van der Waals surface area (Å²) in [6.45, 7) is 0. The number of hydrogen-bond acceptors (Lipinski definition) is 1. The van der Waals surface area contributed by atoms with Gasteiger partial charge < -0.3 is 0 Å². The van der Waals surface area contributed by atoms with Gasteiger partial charge in [0.1, 0.15) is 0 Å². The molecule has 0 unspecified atom stereocenters. The van der Waals surface area contributed by atoms with Crippen molar-refractivity contribution in [1.82, 2.24) is 9.97 Å². The van der Waals surface area contributed by atoms with Crippen molar-refractivity contribution in [2.24, 2.45) is 0 Å². The molecule has 0 aliphatic carbocycles. The summed E-state index contributed by atoms with van der Waals surface area (Å²) in [4.78, 5) is 7.22. The van der Waals surface area contributed by atoms with Gasteiger partial charge >= 0.3 is 67.5 Å². The number of aromatic amines is 1. The van der Waals surface area contributed by atoms with Gasteiger partial charge in [-0.3, -0.25) is 0 Å². The second-order valence-corrected chi connectivity index (χ2v) is 2.43. The van der Waals surface area contributed by atoms with Crippen LogP contribution in [0.2, 0.25) is 0 Å². The molecule has 2 heterocycles. The molecule has 0 atom stereocenters. The van der Waals surface area contributed by atoms with E-state index >= 15 is 0 Å². The Bertz CT molecular complexity index is 353. The fourth-order valence-corrected chi connectivity index (χ4v) is 1.05. The summed E-state index contributed by atoms with van der Waals surface area (Å²) in [6.07, 6.45) is 3.76. The van der Waals surface area contributed by atoms with Crippen LogP contribution in [0.15, 0.2) is 24.5 Å². The van der Waals surface area contributed by atoms with Gasteiger partial charge in [0, 0.05) is 0 Å². The van der Waals surface area contributed by atoms with E-state index in [1.165, 1.54) is 9.62 Å². The van der Waals surface area contributed by atoms with Crippen molar-refractivity contribution in [1.29, 1.82) is 0 Å². The second-order valence-electron chi connectivity index (χ2n) is 2.43. The first-order valence-electron chi connectivity index (χ1n) is 3.26. The van der Waals surface area contributed by atoms with Gasteiger partial charge in [-0.25, -0.2) is 0 Å². The fourth-order valence-electron chi connectivity index (χ4n) is 1.05. The molecule has 0 radical (unpaired) electrons. The molecular weight excluding hydrogens is 119 g/mol. The van der Waals surface area contributed by atoms with Crippen LogP contribution in [0.5, 0.6) is 0 Å². The van der Waals surface area contributed by atoms with Crippen LogP contribution in [0, 0.1) is 0 Å². The van der Waals surface area contributed by atoms with Crippen molar-refractivity contribution in [3.8, 4) is 0 Å². The summed E-state index contributed by atoms with van der Waals surface area (Å²) < 4.78 is 1.20. The van der Waals surface area contributed by atoms with E-state index < -0.39 is 0 Å². The summed E-state index contributed by atoms with van der Waals surface area (Å²) in [5.41, 5.74) is 0.964. The molecule has 0 aliphatic heterocycles. The van der Waals surface area contributed by atoms with Gasteiger partial charge in [-0.15, -0.1) is 0 Å². The minimum atomic E-state index is 0.964.